The van der Waals surface area contributed by atoms with Crippen LogP contribution in [0.3, 0.4) is 0 Å². The van der Waals surface area contributed by atoms with Gasteiger partial charge in [-0.2, -0.15) is 0 Å². The number of amides is 2. The maximum atomic E-state index is 12.6. The standard InChI is InChI=1S/C14H22N2O3/c1-8-7-11(5-6-19-8)16-9(2)13(17)15-12(14(16)18)10-3-4-10/h8-12H,3-7H2,1-2H3,(H,15,17). The largest absolute Gasteiger partial charge is 0.378 e. The monoisotopic (exact) mass is 266 g/mol. The quantitative estimate of drug-likeness (QED) is 0.799. The molecule has 3 aliphatic rings. The van der Waals surface area contributed by atoms with Crippen LogP contribution < -0.4 is 5.32 Å². The molecule has 0 aromatic carbocycles. The van der Waals surface area contributed by atoms with Crippen LogP contribution in [-0.2, 0) is 14.3 Å². The lowest BCUT2D eigenvalue weighted by Crippen LogP contribution is -2.66. The average molecular weight is 266 g/mol. The molecular weight excluding hydrogens is 244 g/mol. The topological polar surface area (TPSA) is 58.6 Å². The second-order valence-corrected chi connectivity index (χ2v) is 6.10. The zero-order chi connectivity index (χ0) is 13.6. The van der Waals surface area contributed by atoms with Crippen LogP contribution in [-0.4, -0.2) is 47.6 Å². The maximum Gasteiger partial charge on any atom is 0.246 e. The number of carbonyl (C=O) groups is 2. The SMILES string of the molecule is CC1CC(N2C(=O)C(C3CC3)NC(=O)C2C)CCO1. The van der Waals surface area contributed by atoms with Crippen molar-refractivity contribution in [2.75, 3.05) is 6.61 Å². The van der Waals surface area contributed by atoms with E-state index in [2.05, 4.69) is 5.32 Å². The Morgan fingerprint density at radius 1 is 1.21 bits per heavy atom. The highest BCUT2D eigenvalue weighted by Crippen LogP contribution is 2.36. The summed E-state index contributed by atoms with van der Waals surface area (Å²) in [6, 6.07) is -0.474. The van der Waals surface area contributed by atoms with Gasteiger partial charge < -0.3 is 15.0 Å². The van der Waals surface area contributed by atoms with Crippen molar-refractivity contribution >= 4 is 11.8 Å². The fraction of sp³-hybridized carbons (Fsp3) is 0.857. The highest BCUT2D eigenvalue weighted by atomic mass is 16.5. The summed E-state index contributed by atoms with van der Waals surface area (Å²) in [5.41, 5.74) is 0. The van der Waals surface area contributed by atoms with E-state index in [4.69, 9.17) is 4.74 Å². The minimum absolute atomic E-state index is 0.00403. The Morgan fingerprint density at radius 3 is 2.58 bits per heavy atom. The highest BCUT2D eigenvalue weighted by Gasteiger charge is 2.47. The molecule has 0 aromatic heterocycles. The van der Waals surface area contributed by atoms with Gasteiger partial charge in [0.2, 0.25) is 11.8 Å². The first-order valence-electron chi connectivity index (χ1n) is 7.32. The summed E-state index contributed by atoms with van der Waals surface area (Å²) in [7, 11) is 0. The third-order valence-corrected chi connectivity index (χ3v) is 4.56. The Bertz CT molecular complexity index is 394. The Morgan fingerprint density at radius 2 is 1.95 bits per heavy atom. The van der Waals surface area contributed by atoms with E-state index in [0.29, 0.717) is 12.5 Å². The number of ether oxygens (including phenoxy) is 1. The second-order valence-electron chi connectivity index (χ2n) is 6.10. The lowest BCUT2D eigenvalue weighted by atomic mass is 9.96. The molecule has 4 atom stereocenters. The Balaban J connectivity index is 1.79. The van der Waals surface area contributed by atoms with Crippen molar-refractivity contribution in [3.05, 3.63) is 0 Å². The van der Waals surface area contributed by atoms with Crippen molar-refractivity contribution in [2.24, 2.45) is 5.92 Å². The van der Waals surface area contributed by atoms with Gasteiger partial charge in [0.1, 0.15) is 12.1 Å². The Hall–Kier alpha value is -1.10. The number of rotatable bonds is 2. The van der Waals surface area contributed by atoms with Gasteiger partial charge in [-0.3, -0.25) is 9.59 Å². The molecule has 2 aliphatic heterocycles. The van der Waals surface area contributed by atoms with Crippen LogP contribution in [0.15, 0.2) is 0 Å². The van der Waals surface area contributed by atoms with E-state index in [1.807, 2.05) is 18.7 Å². The van der Waals surface area contributed by atoms with E-state index in [0.717, 1.165) is 25.7 Å². The summed E-state index contributed by atoms with van der Waals surface area (Å²) in [5, 5.41) is 2.90. The predicted molar refractivity (Wildman–Crippen MR) is 69.4 cm³/mol. The molecule has 0 radical (unpaired) electrons. The van der Waals surface area contributed by atoms with Crippen LogP contribution in [0.4, 0.5) is 0 Å². The van der Waals surface area contributed by atoms with Gasteiger partial charge in [0.05, 0.1) is 6.10 Å². The van der Waals surface area contributed by atoms with Gasteiger partial charge >= 0.3 is 0 Å². The first-order valence-corrected chi connectivity index (χ1v) is 7.32. The first kappa shape index (κ1) is 12.9. The van der Waals surface area contributed by atoms with Crippen LogP contribution >= 0.6 is 0 Å². The van der Waals surface area contributed by atoms with Crippen LogP contribution in [0.2, 0.25) is 0 Å². The van der Waals surface area contributed by atoms with Crippen molar-refractivity contribution in [1.82, 2.24) is 10.2 Å². The smallest absolute Gasteiger partial charge is 0.246 e. The first-order chi connectivity index (χ1) is 9.08. The molecular formula is C14H22N2O3. The van der Waals surface area contributed by atoms with Gasteiger partial charge in [0, 0.05) is 12.6 Å². The van der Waals surface area contributed by atoms with Crippen molar-refractivity contribution in [3.63, 3.8) is 0 Å². The van der Waals surface area contributed by atoms with Crippen molar-refractivity contribution < 1.29 is 14.3 Å². The average Bonchev–Trinajstić information content (AvgIpc) is 3.18. The minimum atomic E-state index is -0.349. The Labute approximate surface area is 113 Å². The van der Waals surface area contributed by atoms with E-state index >= 15 is 0 Å². The lowest BCUT2D eigenvalue weighted by Gasteiger charge is -2.44. The molecule has 106 valence electrons. The molecule has 3 rings (SSSR count). The van der Waals surface area contributed by atoms with Gasteiger partial charge in [-0.05, 0) is 45.4 Å². The summed E-state index contributed by atoms with van der Waals surface area (Å²) < 4.78 is 5.54. The lowest BCUT2D eigenvalue weighted by molar-refractivity contribution is -0.155. The number of piperazine rings is 1. The molecule has 0 spiro atoms. The van der Waals surface area contributed by atoms with E-state index < -0.39 is 0 Å². The zero-order valence-electron chi connectivity index (χ0n) is 11.6. The summed E-state index contributed by atoms with van der Waals surface area (Å²) >= 11 is 0. The minimum Gasteiger partial charge on any atom is -0.378 e. The maximum absolute atomic E-state index is 12.6. The number of hydrogen-bond acceptors (Lipinski definition) is 3. The van der Waals surface area contributed by atoms with E-state index in [-0.39, 0.29) is 36.0 Å². The summed E-state index contributed by atoms with van der Waals surface area (Å²) in [4.78, 5) is 26.6. The van der Waals surface area contributed by atoms with Gasteiger partial charge in [0.25, 0.3) is 0 Å². The van der Waals surface area contributed by atoms with Crippen molar-refractivity contribution in [1.29, 1.82) is 0 Å². The molecule has 0 aromatic rings. The molecule has 1 N–H and O–H groups in total. The Kier molecular flexibility index (Phi) is 3.25. The van der Waals surface area contributed by atoms with E-state index in [1.165, 1.54) is 0 Å². The molecule has 5 heteroatoms. The molecule has 1 saturated carbocycles. The number of carbonyl (C=O) groups excluding carboxylic acids is 2. The molecule has 4 unspecified atom stereocenters. The molecule has 2 amide bonds. The molecule has 5 nitrogen and oxygen atoms in total. The number of hydrogen-bond donors (Lipinski definition) is 1. The predicted octanol–water partition coefficient (Wildman–Crippen LogP) is 0.679. The molecule has 2 heterocycles. The van der Waals surface area contributed by atoms with Gasteiger partial charge in [0.15, 0.2) is 0 Å². The van der Waals surface area contributed by atoms with Gasteiger partial charge in [-0.1, -0.05) is 0 Å². The zero-order valence-corrected chi connectivity index (χ0v) is 11.6. The van der Waals surface area contributed by atoms with Gasteiger partial charge in [-0.25, -0.2) is 0 Å². The number of nitrogens with one attached hydrogen (secondary N) is 1. The summed E-state index contributed by atoms with van der Waals surface area (Å²) in [6.45, 7) is 4.54. The summed E-state index contributed by atoms with van der Waals surface area (Å²) in [6.07, 6.45) is 3.96. The van der Waals surface area contributed by atoms with Crippen molar-refractivity contribution in [3.8, 4) is 0 Å². The fourth-order valence-corrected chi connectivity index (χ4v) is 3.29. The van der Waals surface area contributed by atoms with Gasteiger partial charge in [-0.15, -0.1) is 0 Å². The van der Waals surface area contributed by atoms with Crippen LogP contribution in [0.1, 0.15) is 39.5 Å². The van der Waals surface area contributed by atoms with E-state index in [9.17, 15) is 9.59 Å². The van der Waals surface area contributed by atoms with Crippen LogP contribution in [0, 0.1) is 5.92 Å². The molecule has 3 fully saturated rings. The molecule has 2 saturated heterocycles. The second kappa shape index (κ2) is 4.78. The fourth-order valence-electron chi connectivity index (χ4n) is 3.29. The van der Waals surface area contributed by atoms with Crippen LogP contribution in [0.25, 0.3) is 0 Å². The molecule has 19 heavy (non-hydrogen) atoms. The normalized spacial score (nSPS) is 40.2. The third-order valence-electron chi connectivity index (χ3n) is 4.56. The van der Waals surface area contributed by atoms with Crippen molar-refractivity contribution in [2.45, 2.75) is 63.8 Å². The molecule has 1 aliphatic carbocycles. The summed E-state index contributed by atoms with van der Waals surface area (Å²) in [5.74, 6) is 0.480. The van der Waals surface area contributed by atoms with Crippen LogP contribution in [0.5, 0.6) is 0 Å². The molecule has 0 bridgehead atoms. The number of nitrogens with zero attached hydrogens (tertiary/aromatic N) is 1. The van der Waals surface area contributed by atoms with E-state index in [1.54, 1.807) is 0 Å². The highest BCUT2D eigenvalue weighted by molar-refractivity contribution is 5.97. The third kappa shape index (κ3) is 2.36.